The summed E-state index contributed by atoms with van der Waals surface area (Å²) in [5, 5.41) is 6.45. The van der Waals surface area contributed by atoms with Crippen molar-refractivity contribution >= 4 is 28.9 Å². The van der Waals surface area contributed by atoms with Crippen LogP contribution in [0.25, 0.3) is 0 Å². The number of anilines is 2. The fraction of sp³-hybridized carbons (Fsp3) is 0.348. The van der Waals surface area contributed by atoms with Gasteiger partial charge in [-0.25, -0.2) is 9.82 Å². The van der Waals surface area contributed by atoms with Gasteiger partial charge in [-0.15, -0.1) is 0 Å². The zero-order chi connectivity index (χ0) is 22.4. The maximum Gasteiger partial charge on any atom is 0.329 e. The van der Waals surface area contributed by atoms with Crippen LogP contribution < -0.4 is 20.5 Å². The van der Waals surface area contributed by atoms with Gasteiger partial charge in [0.15, 0.2) is 0 Å². The molecule has 31 heavy (non-hydrogen) atoms. The van der Waals surface area contributed by atoms with Gasteiger partial charge in [-0.1, -0.05) is 23.8 Å². The van der Waals surface area contributed by atoms with Crippen molar-refractivity contribution in [3.05, 3.63) is 59.4 Å². The minimum Gasteiger partial charge on any atom is -0.358 e. The van der Waals surface area contributed by atoms with Gasteiger partial charge in [0, 0.05) is 11.3 Å². The molecule has 0 spiro atoms. The van der Waals surface area contributed by atoms with E-state index in [4.69, 9.17) is 0 Å². The third-order valence-corrected chi connectivity index (χ3v) is 5.52. The van der Waals surface area contributed by atoms with Gasteiger partial charge in [-0.2, -0.15) is 5.10 Å². The normalized spacial score (nSPS) is 15.0. The maximum absolute atomic E-state index is 14.7. The van der Waals surface area contributed by atoms with E-state index in [1.807, 2.05) is 19.1 Å². The number of hydrogen-bond donors (Lipinski definition) is 3. The highest BCUT2D eigenvalue weighted by molar-refractivity contribution is 6.39. The topological polar surface area (TPSA) is 78.2 Å². The molecule has 3 N–H and O–H groups in total. The molecule has 8 heteroatoms. The smallest absolute Gasteiger partial charge is 0.329 e. The Kier molecular flexibility index (Phi) is 7.36. The van der Waals surface area contributed by atoms with E-state index in [0.29, 0.717) is 22.6 Å². The van der Waals surface area contributed by atoms with Gasteiger partial charge < -0.3 is 15.1 Å². The number of halogens is 1. The Bertz CT molecular complexity index is 966. The van der Waals surface area contributed by atoms with Crippen LogP contribution in [0.2, 0.25) is 0 Å². The lowest BCUT2D eigenvalue weighted by Crippen LogP contribution is -3.14. The van der Waals surface area contributed by atoms with E-state index in [-0.39, 0.29) is 5.82 Å². The lowest BCUT2D eigenvalue weighted by atomic mass is 10.1. The van der Waals surface area contributed by atoms with Gasteiger partial charge in [0.1, 0.15) is 5.82 Å². The SMILES string of the molecule is CC[NH+]1CCN(c2ccc(/C(C)=N\NC(=O)C(=O)Nc3ccc(C)cc3)cc2F)CC1. The predicted octanol–water partition coefficient (Wildman–Crippen LogP) is 1.34. The summed E-state index contributed by atoms with van der Waals surface area (Å²) in [6.07, 6.45) is 0. The molecule has 0 radical (unpaired) electrons. The van der Waals surface area contributed by atoms with Gasteiger partial charge in [-0.3, -0.25) is 9.59 Å². The monoisotopic (exact) mass is 426 g/mol. The Morgan fingerprint density at radius 1 is 1.10 bits per heavy atom. The minimum atomic E-state index is -0.895. The second-order valence-electron chi connectivity index (χ2n) is 7.72. The Morgan fingerprint density at radius 2 is 1.77 bits per heavy atom. The van der Waals surface area contributed by atoms with Crippen LogP contribution in [0.3, 0.4) is 0 Å². The third kappa shape index (κ3) is 5.88. The first-order valence-electron chi connectivity index (χ1n) is 10.5. The summed E-state index contributed by atoms with van der Waals surface area (Å²) in [4.78, 5) is 27.6. The van der Waals surface area contributed by atoms with Crippen molar-refractivity contribution in [2.45, 2.75) is 20.8 Å². The number of amides is 2. The summed E-state index contributed by atoms with van der Waals surface area (Å²) >= 11 is 0. The Labute approximate surface area is 181 Å². The fourth-order valence-electron chi connectivity index (χ4n) is 3.48. The molecule has 1 aliphatic rings. The number of piperazine rings is 1. The number of hydrogen-bond acceptors (Lipinski definition) is 4. The van der Waals surface area contributed by atoms with Crippen molar-refractivity contribution in [2.75, 3.05) is 42.9 Å². The molecule has 2 amide bonds. The molecule has 2 aromatic rings. The van der Waals surface area contributed by atoms with Crippen molar-refractivity contribution in [1.29, 1.82) is 0 Å². The number of benzene rings is 2. The largest absolute Gasteiger partial charge is 0.358 e. The van der Waals surface area contributed by atoms with Crippen molar-refractivity contribution in [2.24, 2.45) is 5.10 Å². The molecule has 0 unspecified atom stereocenters. The summed E-state index contributed by atoms with van der Waals surface area (Å²) < 4.78 is 14.7. The number of nitrogens with one attached hydrogen (secondary N) is 3. The van der Waals surface area contributed by atoms with E-state index in [1.165, 1.54) is 11.0 Å². The highest BCUT2D eigenvalue weighted by Crippen LogP contribution is 2.21. The highest BCUT2D eigenvalue weighted by atomic mass is 19.1. The number of nitrogens with zero attached hydrogens (tertiary/aromatic N) is 2. The lowest BCUT2D eigenvalue weighted by molar-refractivity contribution is -0.898. The van der Waals surface area contributed by atoms with E-state index >= 15 is 0 Å². The summed E-state index contributed by atoms with van der Waals surface area (Å²) in [6.45, 7) is 10.4. The molecular weight excluding hydrogens is 397 g/mol. The molecule has 0 bridgehead atoms. The predicted molar refractivity (Wildman–Crippen MR) is 120 cm³/mol. The van der Waals surface area contributed by atoms with Gasteiger partial charge in [0.25, 0.3) is 0 Å². The van der Waals surface area contributed by atoms with Crippen LogP contribution in [-0.2, 0) is 9.59 Å². The number of quaternary nitrogens is 1. The lowest BCUT2D eigenvalue weighted by Gasteiger charge is -2.33. The first kappa shape index (κ1) is 22.4. The third-order valence-electron chi connectivity index (χ3n) is 5.52. The van der Waals surface area contributed by atoms with Crippen molar-refractivity contribution < 1.29 is 18.9 Å². The summed E-state index contributed by atoms with van der Waals surface area (Å²) in [5.41, 5.74) is 5.31. The van der Waals surface area contributed by atoms with Gasteiger partial charge in [-0.05, 0) is 45.0 Å². The first-order chi connectivity index (χ1) is 14.9. The van der Waals surface area contributed by atoms with Gasteiger partial charge >= 0.3 is 11.8 Å². The molecule has 0 atom stereocenters. The molecular formula is C23H29FN5O2+. The quantitative estimate of drug-likeness (QED) is 0.384. The zero-order valence-electron chi connectivity index (χ0n) is 18.2. The standard InChI is InChI=1S/C23H28FN5O2/c1-4-28-11-13-29(14-12-28)21-10-7-18(15-20(21)24)17(3)26-27-23(31)22(30)25-19-8-5-16(2)6-9-19/h5-10,15H,4,11-14H2,1-3H3,(H,25,30)(H,27,31)/p+1/b26-17-. The van der Waals surface area contributed by atoms with E-state index in [1.54, 1.807) is 31.2 Å². The molecule has 1 aliphatic heterocycles. The molecule has 3 rings (SSSR count). The average Bonchev–Trinajstić information content (AvgIpc) is 2.78. The second kappa shape index (κ2) is 10.2. The average molecular weight is 427 g/mol. The fourth-order valence-corrected chi connectivity index (χ4v) is 3.48. The Morgan fingerprint density at radius 3 is 2.39 bits per heavy atom. The second-order valence-corrected chi connectivity index (χ2v) is 7.72. The molecule has 7 nitrogen and oxygen atoms in total. The Balaban J connectivity index is 1.59. The molecule has 1 fully saturated rings. The molecule has 2 aromatic carbocycles. The maximum atomic E-state index is 14.7. The van der Waals surface area contributed by atoms with Crippen molar-refractivity contribution in [3.63, 3.8) is 0 Å². The first-order valence-corrected chi connectivity index (χ1v) is 10.5. The molecule has 1 saturated heterocycles. The molecule has 0 saturated carbocycles. The highest BCUT2D eigenvalue weighted by Gasteiger charge is 2.21. The van der Waals surface area contributed by atoms with Gasteiger partial charge in [0.2, 0.25) is 0 Å². The number of likely N-dealkylation sites (N-methyl/N-ethyl adjacent to an activating group) is 1. The van der Waals surface area contributed by atoms with E-state index < -0.39 is 11.8 Å². The molecule has 1 heterocycles. The summed E-state index contributed by atoms with van der Waals surface area (Å²) in [5.74, 6) is -2.04. The molecule has 164 valence electrons. The van der Waals surface area contributed by atoms with E-state index in [9.17, 15) is 14.0 Å². The number of hydrazone groups is 1. The van der Waals surface area contributed by atoms with Crippen LogP contribution in [0.1, 0.15) is 25.0 Å². The van der Waals surface area contributed by atoms with Crippen LogP contribution in [0.4, 0.5) is 15.8 Å². The number of aryl methyl sites for hydroxylation is 1. The van der Waals surface area contributed by atoms with Crippen LogP contribution in [0.5, 0.6) is 0 Å². The van der Waals surface area contributed by atoms with Crippen molar-refractivity contribution in [3.8, 4) is 0 Å². The van der Waals surface area contributed by atoms with Crippen LogP contribution in [-0.4, -0.2) is 50.2 Å². The van der Waals surface area contributed by atoms with Crippen molar-refractivity contribution in [1.82, 2.24) is 5.43 Å². The Hall–Kier alpha value is -3.26. The molecule has 0 aliphatic carbocycles. The zero-order valence-corrected chi connectivity index (χ0v) is 18.2. The number of rotatable bonds is 5. The number of carbonyl (C=O) groups is 2. The molecule has 0 aromatic heterocycles. The summed E-state index contributed by atoms with van der Waals surface area (Å²) in [6, 6.07) is 12.0. The van der Waals surface area contributed by atoms with Gasteiger partial charge in [0.05, 0.1) is 44.1 Å². The minimum absolute atomic E-state index is 0.324. The number of carbonyl (C=O) groups excluding carboxylic acids is 2. The van der Waals surface area contributed by atoms with E-state index in [2.05, 4.69) is 27.7 Å². The van der Waals surface area contributed by atoms with E-state index in [0.717, 1.165) is 38.3 Å². The van der Waals surface area contributed by atoms with Crippen LogP contribution in [0, 0.1) is 12.7 Å². The van der Waals surface area contributed by atoms with Crippen LogP contribution >= 0.6 is 0 Å². The summed E-state index contributed by atoms with van der Waals surface area (Å²) in [7, 11) is 0. The van der Waals surface area contributed by atoms with Crippen LogP contribution in [0.15, 0.2) is 47.6 Å².